The van der Waals surface area contributed by atoms with Crippen LogP contribution in [0.25, 0.3) is 0 Å². The van der Waals surface area contributed by atoms with Crippen LogP contribution in [0.2, 0.25) is 0 Å². The first-order chi connectivity index (χ1) is 10.6. The standard InChI is InChI=1S/C17H20N2O3/c1-12(13-5-4-8-18-11-13)9-17(20)19-15-7-6-14(21-2)10-16(15)22-3/h4-8,10-12H,9H2,1-3H3,(H,19,20). The Balaban J connectivity index is 2.03. The third kappa shape index (κ3) is 3.97. The lowest BCUT2D eigenvalue weighted by Crippen LogP contribution is -2.15. The van der Waals surface area contributed by atoms with Crippen LogP contribution in [-0.2, 0) is 4.79 Å². The summed E-state index contributed by atoms with van der Waals surface area (Å²) in [6.07, 6.45) is 3.88. The van der Waals surface area contributed by atoms with Gasteiger partial charge in [-0.05, 0) is 29.7 Å². The molecule has 0 aliphatic rings. The van der Waals surface area contributed by atoms with Crippen molar-refractivity contribution in [2.24, 2.45) is 0 Å². The molecule has 2 rings (SSSR count). The Morgan fingerprint density at radius 2 is 2.09 bits per heavy atom. The number of methoxy groups -OCH3 is 2. The number of benzene rings is 1. The zero-order chi connectivity index (χ0) is 15.9. The lowest BCUT2D eigenvalue weighted by atomic mass is 9.99. The number of aromatic nitrogens is 1. The van der Waals surface area contributed by atoms with Gasteiger partial charge >= 0.3 is 0 Å². The number of amides is 1. The number of nitrogens with zero attached hydrogens (tertiary/aromatic N) is 1. The van der Waals surface area contributed by atoms with E-state index in [1.807, 2.05) is 19.1 Å². The molecule has 116 valence electrons. The smallest absolute Gasteiger partial charge is 0.225 e. The molecule has 2 aromatic rings. The van der Waals surface area contributed by atoms with Crippen molar-refractivity contribution in [3.63, 3.8) is 0 Å². The summed E-state index contributed by atoms with van der Waals surface area (Å²) in [5.41, 5.74) is 1.67. The molecule has 5 heteroatoms. The predicted octanol–water partition coefficient (Wildman–Crippen LogP) is 3.23. The van der Waals surface area contributed by atoms with Crippen LogP contribution in [0.1, 0.15) is 24.8 Å². The molecule has 1 heterocycles. The molecule has 1 amide bonds. The van der Waals surface area contributed by atoms with Gasteiger partial charge in [-0.25, -0.2) is 0 Å². The molecule has 1 aromatic carbocycles. The zero-order valence-electron chi connectivity index (χ0n) is 13.0. The second kappa shape index (κ2) is 7.45. The van der Waals surface area contributed by atoms with Gasteiger partial charge in [0.15, 0.2) is 0 Å². The first kappa shape index (κ1) is 15.8. The molecule has 1 atom stereocenters. The molecule has 1 aromatic heterocycles. The van der Waals surface area contributed by atoms with Crippen molar-refractivity contribution in [1.29, 1.82) is 0 Å². The SMILES string of the molecule is COc1ccc(NC(=O)CC(C)c2cccnc2)c(OC)c1. The van der Waals surface area contributed by atoms with E-state index in [0.717, 1.165) is 5.56 Å². The summed E-state index contributed by atoms with van der Waals surface area (Å²) in [7, 11) is 3.14. The average molecular weight is 300 g/mol. The number of anilines is 1. The molecule has 0 saturated carbocycles. The topological polar surface area (TPSA) is 60.5 Å². The Morgan fingerprint density at radius 1 is 1.27 bits per heavy atom. The van der Waals surface area contributed by atoms with Crippen LogP contribution in [0.4, 0.5) is 5.69 Å². The van der Waals surface area contributed by atoms with E-state index in [2.05, 4.69) is 10.3 Å². The highest BCUT2D eigenvalue weighted by Gasteiger charge is 2.13. The van der Waals surface area contributed by atoms with Crippen molar-refractivity contribution in [2.75, 3.05) is 19.5 Å². The van der Waals surface area contributed by atoms with E-state index in [1.165, 1.54) is 0 Å². The number of hydrogen-bond donors (Lipinski definition) is 1. The van der Waals surface area contributed by atoms with Crippen molar-refractivity contribution in [3.05, 3.63) is 48.3 Å². The maximum Gasteiger partial charge on any atom is 0.225 e. The second-order valence-electron chi connectivity index (χ2n) is 5.01. The highest BCUT2D eigenvalue weighted by molar-refractivity contribution is 5.92. The van der Waals surface area contributed by atoms with Crippen LogP contribution in [-0.4, -0.2) is 25.1 Å². The molecule has 0 radical (unpaired) electrons. The van der Waals surface area contributed by atoms with Gasteiger partial charge in [0.1, 0.15) is 11.5 Å². The first-order valence-corrected chi connectivity index (χ1v) is 7.06. The van der Waals surface area contributed by atoms with Gasteiger partial charge < -0.3 is 14.8 Å². The van der Waals surface area contributed by atoms with Crippen molar-refractivity contribution in [1.82, 2.24) is 4.98 Å². The van der Waals surface area contributed by atoms with E-state index >= 15 is 0 Å². The molecule has 0 saturated heterocycles. The van der Waals surface area contributed by atoms with Crippen LogP contribution >= 0.6 is 0 Å². The first-order valence-electron chi connectivity index (χ1n) is 7.06. The highest BCUT2D eigenvalue weighted by Crippen LogP contribution is 2.29. The lowest BCUT2D eigenvalue weighted by Gasteiger charge is -2.14. The van der Waals surface area contributed by atoms with E-state index < -0.39 is 0 Å². The Bertz CT molecular complexity index is 629. The Hall–Kier alpha value is -2.56. The molecule has 0 aliphatic carbocycles. The molecule has 22 heavy (non-hydrogen) atoms. The van der Waals surface area contributed by atoms with Crippen molar-refractivity contribution in [2.45, 2.75) is 19.3 Å². The molecule has 5 nitrogen and oxygen atoms in total. The van der Waals surface area contributed by atoms with Gasteiger partial charge in [0.05, 0.1) is 19.9 Å². The van der Waals surface area contributed by atoms with Gasteiger partial charge in [0.25, 0.3) is 0 Å². The van der Waals surface area contributed by atoms with Gasteiger partial charge in [0, 0.05) is 24.9 Å². The van der Waals surface area contributed by atoms with Crippen LogP contribution in [0.15, 0.2) is 42.7 Å². The fourth-order valence-electron chi connectivity index (χ4n) is 2.17. The Morgan fingerprint density at radius 3 is 2.73 bits per heavy atom. The molecule has 1 unspecified atom stereocenters. The van der Waals surface area contributed by atoms with Crippen molar-refractivity contribution < 1.29 is 14.3 Å². The summed E-state index contributed by atoms with van der Waals surface area (Å²) in [6, 6.07) is 9.13. The second-order valence-corrected chi connectivity index (χ2v) is 5.01. The van der Waals surface area contributed by atoms with Gasteiger partial charge in [0.2, 0.25) is 5.91 Å². The number of hydrogen-bond acceptors (Lipinski definition) is 4. The minimum atomic E-state index is -0.0696. The van der Waals surface area contributed by atoms with E-state index in [4.69, 9.17) is 9.47 Å². The number of ether oxygens (including phenoxy) is 2. The van der Waals surface area contributed by atoms with Crippen LogP contribution in [0.5, 0.6) is 11.5 Å². The average Bonchev–Trinajstić information content (AvgIpc) is 2.55. The quantitative estimate of drug-likeness (QED) is 0.889. The lowest BCUT2D eigenvalue weighted by molar-refractivity contribution is -0.116. The maximum absolute atomic E-state index is 12.2. The molecule has 0 spiro atoms. The molecular formula is C17H20N2O3. The molecular weight excluding hydrogens is 280 g/mol. The van der Waals surface area contributed by atoms with Crippen molar-refractivity contribution in [3.8, 4) is 11.5 Å². The van der Waals surface area contributed by atoms with E-state index in [0.29, 0.717) is 23.6 Å². The summed E-state index contributed by atoms with van der Waals surface area (Å²) in [4.78, 5) is 16.3. The van der Waals surface area contributed by atoms with Gasteiger partial charge in [-0.3, -0.25) is 9.78 Å². The Kier molecular flexibility index (Phi) is 5.36. The number of carbonyl (C=O) groups is 1. The number of carbonyl (C=O) groups excluding carboxylic acids is 1. The molecule has 0 fully saturated rings. The molecule has 0 aliphatic heterocycles. The van der Waals surface area contributed by atoms with Crippen molar-refractivity contribution >= 4 is 11.6 Å². The van der Waals surface area contributed by atoms with Gasteiger partial charge in [-0.15, -0.1) is 0 Å². The summed E-state index contributed by atoms with van der Waals surface area (Å²) < 4.78 is 10.4. The van der Waals surface area contributed by atoms with Crippen LogP contribution in [0, 0.1) is 0 Å². The maximum atomic E-state index is 12.2. The van der Waals surface area contributed by atoms with Crippen LogP contribution in [0.3, 0.4) is 0 Å². The minimum absolute atomic E-state index is 0.0696. The van der Waals surface area contributed by atoms with E-state index in [-0.39, 0.29) is 11.8 Å². The monoisotopic (exact) mass is 300 g/mol. The summed E-state index contributed by atoms with van der Waals surface area (Å²) in [6.45, 7) is 2.00. The fraction of sp³-hybridized carbons (Fsp3) is 0.294. The summed E-state index contributed by atoms with van der Waals surface area (Å²) >= 11 is 0. The predicted molar refractivity (Wildman–Crippen MR) is 85.4 cm³/mol. The third-order valence-corrected chi connectivity index (χ3v) is 3.43. The van der Waals surface area contributed by atoms with E-state index in [1.54, 1.807) is 44.8 Å². The molecule has 0 bridgehead atoms. The van der Waals surface area contributed by atoms with Gasteiger partial charge in [-0.1, -0.05) is 13.0 Å². The van der Waals surface area contributed by atoms with E-state index in [9.17, 15) is 4.79 Å². The minimum Gasteiger partial charge on any atom is -0.497 e. The largest absolute Gasteiger partial charge is 0.497 e. The molecule has 1 N–H and O–H groups in total. The van der Waals surface area contributed by atoms with Gasteiger partial charge in [-0.2, -0.15) is 0 Å². The van der Waals surface area contributed by atoms with Crippen LogP contribution < -0.4 is 14.8 Å². The summed E-state index contributed by atoms with van der Waals surface area (Å²) in [5.74, 6) is 1.28. The highest BCUT2D eigenvalue weighted by atomic mass is 16.5. The number of nitrogens with one attached hydrogen (secondary N) is 1. The zero-order valence-corrected chi connectivity index (χ0v) is 13.0. The Labute approximate surface area is 130 Å². The third-order valence-electron chi connectivity index (χ3n) is 3.43. The number of pyridine rings is 1. The number of rotatable bonds is 6. The summed E-state index contributed by atoms with van der Waals surface area (Å²) in [5, 5.41) is 2.87. The normalized spacial score (nSPS) is 11.6. The fourth-order valence-corrected chi connectivity index (χ4v) is 2.17.